The fourth-order valence-corrected chi connectivity index (χ4v) is 3.24. The smallest absolute Gasteiger partial charge is 0.255 e. The fourth-order valence-electron chi connectivity index (χ4n) is 3.24. The molecule has 0 saturated carbocycles. The molecule has 4 rings (SSSR count). The summed E-state index contributed by atoms with van der Waals surface area (Å²) in [5.74, 6) is -0.297. The third kappa shape index (κ3) is 4.55. The summed E-state index contributed by atoms with van der Waals surface area (Å²) in [5, 5.41) is 10.1. The van der Waals surface area contributed by atoms with Gasteiger partial charge < -0.3 is 10.6 Å². The molecule has 0 aliphatic rings. The Kier molecular flexibility index (Phi) is 5.85. The Morgan fingerprint density at radius 3 is 2.33 bits per heavy atom. The SMILES string of the molecule is O=C(NCc1ccn2ncc(C(=O)NCCc3ccccc3)c2c1)c1ccccc1. The molecular weight excluding hydrogens is 376 g/mol. The normalized spacial score (nSPS) is 10.7. The molecule has 0 unspecified atom stereocenters. The van der Waals surface area contributed by atoms with Crippen LogP contribution < -0.4 is 10.6 Å². The van der Waals surface area contributed by atoms with Gasteiger partial charge in [0.25, 0.3) is 11.8 Å². The van der Waals surface area contributed by atoms with Crippen LogP contribution in [0.4, 0.5) is 0 Å². The van der Waals surface area contributed by atoms with Crippen LogP contribution in [0.5, 0.6) is 0 Å². The third-order valence-electron chi connectivity index (χ3n) is 4.86. The van der Waals surface area contributed by atoms with Crippen molar-refractivity contribution in [2.24, 2.45) is 0 Å². The zero-order chi connectivity index (χ0) is 20.8. The molecule has 2 aromatic carbocycles. The average Bonchev–Trinajstić information content (AvgIpc) is 3.22. The molecule has 150 valence electrons. The molecule has 2 N–H and O–H groups in total. The number of carbonyl (C=O) groups excluding carboxylic acids is 2. The number of hydrogen-bond donors (Lipinski definition) is 2. The van der Waals surface area contributed by atoms with Gasteiger partial charge in [0.2, 0.25) is 0 Å². The van der Waals surface area contributed by atoms with Crippen LogP contribution in [0, 0.1) is 0 Å². The first-order valence-electron chi connectivity index (χ1n) is 9.82. The standard InChI is InChI=1S/C24H22N4O2/c29-23(20-9-5-2-6-10-20)26-16-19-12-14-28-22(15-19)21(17-27-28)24(30)25-13-11-18-7-3-1-4-8-18/h1-10,12,14-15,17H,11,13,16H2,(H,25,30)(H,26,29). The second-order valence-corrected chi connectivity index (χ2v) is 6.96. The van der Waals surface area contributed by atoms with Gasteiger partial charge in [0.15, 0.2) is 0 Å². The molecule has 30 heavy (non-hydrogen) atoms. The van der Waals surface area contributed by atoms with Crippen LogP contribution in [0.25, 0.3) is 5.52 Å². The van der Waals surface area contributed by atoms with Crippen LogP contribution in [0.3, 0.4) is 0 Å². The van der Waals surface area contributed by atoms with E-state index in [-0.39, 0.29) is 11.8 Å². The van der Waals surface area contributed by atoms with Crippen LogP contribution in [0.1, 0.15) is 31.8 Å². The van der Waals surface area contributed by atoms with Crippen molar-refractivity contribution in [3.63, 3.8) is 0 Å². The molecule has 0 aliphatic carbocycles. The van der Waals surface area contributed by atoms with Gasteiger partial charge in [0, 0.05) is 24.8 Å². The second-order valence-electron chi connectivity index (χ2n) is 6.96. The Morgan fingerprint density at radius 2 is 1.57 bits per heavy atom. The van der Waals surface area contributed by atoms with Crippen LogP contribution in [0.2, 0.25) is 0 Å². The van der Waals surface area contributed by atoms with E-state index in [9.17, 15) is 9.59 Å². The lowest BCUT2D eigenvalue weighted by Crippen LogP contribution is -2.25. The summed E-state index contributed by atoms with van der Waals surface area (Å²) in [6, 6.07) is 22.9. The molecule has 6 heteroatoms. The molecule has 0 fully saturated rings. The number of nitrogens with one attached hydrogen (secondary N) is 2. The number of amides is 2. The van der Waals surface area contributed by atoms with Crippen molar-refractivity contribution in [3.05, 3.63) is 107 Å². The van der Waals surface area contributed by atoms with Crippen molar-refractivity contribution < 1.29 is 9.59 Å². The van der Waals surface area contributed by atoms with Crippen LogP contribution >= 0.6 is 0 Å². The highest BCUT2D eigenvalue weighted by molar-refractivity contribution is 6.00. The van der Waals surface area contributed by atoms with E-state index in [1.54, 1.807) is 29.0 Å². The first-order valence-corrected chi connectivity index (χ1v) is 9.82. The van der Waals surface area contributed by atoms with E-state index >= 15 is 0 Å². The van der Waals surface area contributed by atoms with Gasteiger partial charge in [0.05, 0.1) is 17.3 Å². The molecule has 0 bridgehead atoms. The number of fused-ring (bicyclic) bond motifs is 1. The molecular formula is C24H22N4O2. The highest BCUT2D eigenvalue weighted by Gasteiger charge is 2.13. The van der Waals surface area contributed by atoms with E-state index in [4.69, 9.17) is 0 Å². The summed E-state index contributed by atoms with van der Waals surface area (Å²) in [4.78, 5) is 24.9. The second kappa shape index (κ2) is 9.05. The molecule has 4 aromatic rings. The van der Waals surface area contributed by atoms with E-state index in [0.717, 1.165) is 12.0 Å². The van der Waals surface area contributed by atoms with E-state index in [1.165, 1.54) is 5.56 Å². The van der Waals surface area contributed by atoms with Gasteiger partial charge in [-0.25, -0.2) is 4.52 Å². The zero-order valence-corrected chi connectivity index (χ0v) is 16.4. The van der Waals surface area contributed by atoms with Gasteiger partial charge in [-0.2, -0.15) is 5.10 Å². The average molecular weight is 398 g/mol. The number of benzene rings is 2. The molecule has 2 heterocycles. The van der Waals surface area contributed by atoms with Crippen molar-refractivity contribution in [3.8, 4) is 0 Å². The minimum Gasteiger partial charge on any atom is -0.352 e. The minimum atomic E-state index is -0.161. The van der Waals surface area contributed by atoms with E-state index in [1.807, 2.05) is 60.7 Å². The molecule has 0 spiro atoms. The summed E-state index contributed by atoms with van der Waals surface area (Å²) in [7, 11) is 0. The highest BCUT2D eigenvalue weighted by Crippen LogP contribution is 2.13. The molecule has 0 atom stereocenters. The molecule has 2 amide bonds. The predicted octanol–water partition coefficient (Wildman–Crippen LogP) is 3.24. The minimum absolute atomic E-state index is 0.136. The molecule has 0 saturated heterocycles. The summed E-state index contributed by atoms with van der Waals surface area (Å²) >= 11 is 0. The number of hydrogen-bond acceptors (Lipinski definition) is 3. The Bertz CT molecular complexity index is 1150. The van der Waals surface area contributed by atoms with Gasteiger partial charge >= 0.3 is 0 Å². The predicted molar refractivity (Wildman–Crippen MR) is 115 cm³/mol. The Labute approximate surface area is 174 Å². The lowest BCUT2D eigenvalue weighted by molar-refractivity contribution is 0.0944. The molecule has 6 nitrogen and oxygen atoms in total. The molecule has 0 aliphatic heterocycles. The van der Waals surface area contributed by atoms with E-state index < -0.39 is 0 Å². The first kappa shape index (κ1) is 19.4. The van der Waals surface area contributed by atoms with Crippen molar-refractivity contribution in [1.82, 2.24) is 20.2 Å². The van der Waals surface area contributed by atoms with Crippen molar-refractivity contribution in [1.29, 1.82) is 0 Å². The Balaban J connectivity index is 1.40. The van der Waals surface area contributed by atoms with E-state index in [2.05, 4.69) is 15.7 Å². The largest absolute Gasteiger partial charge is 0.352 e. The van der Waals surface area contributed by atoms with E-state index in [0.29, 0.717) is 29.7 Å². The number of pyridine rings is 1. The van der Waals surface area contributed by atoms with Crippen molar-refractivity contribution in [2.75, 3.05) is 6.54 Å². The third-order valence-corrected chi connectivity index (χ3v) is 4.86. The van der Waals surface area contributed by atoms with Gasteiger partial charge in [-0.1, -0.05) is 48.5 Å². The highest BCUT2D eigenvalue weighted by atomic mass is 16.2. The fraction of sp³-hybridized carbons (Fsp3) is 0.125. The molecule has 0 radical (unpaired) electrons. The Hall–Kier alpha value is -3.93. The topological polar surface area (TPSA) is 75.5 Å². The van der Waals surface area contributed by atoms with Crippen molar-refractivity contribution in [2.45, 2.75) is 13.0 Å². The summed E-state index contributed by atoms with van der Waals surface area (Å²) < 4.78 is 1.66. The number of aromatic nitrogens is 2. The maximum Gasteiger partial charge on any atom is 0.255 e. The monoisotopic (exact) mass is 398 g/mol. The number of rotatable bonds is 7. The van der Waals surface area contributed by atoms with Gasteiger partial charge in [-0.15, -0.1) is 0 Å². The molecule has 2 aromatic heterocycles. The quantitative estimate of drug-likeness (QED) is 0.502. The van der Waals surface area contributed by atoms with Gasteiger partial charge in [-0.05, 0) is 41.8 Å². The lowest BCUT2D eigenvalue weighted by atomic mass is 10.1. The van der Waals surface area contributed by atoms with Crippen LogP contribution in [0.15, 0.2) is 85.2 Å². The summed E-state index contributed by atoms with van der Waals surface area (Å²) in [6.45, 7) is 0.914. The van der Waals surface area contributed by atoms with Gasteiger partial charge in [0.1, 0.15) is 0 Å². The number of carbonyl (C=O) groups is 2. The zero-order valence-electron chi connectivity index (χ0n) is 16.4. The van der Waals surface area contributed by atoms with Gasteiger partial charge in [-0.3, -0.25) is 9.59 Å². The summed E-state index contributed by atoms with van der Waals surface area (Å²) in [6.07, 6.45) is 4.13. The Morgan fingerprint density at radius 1 is 0.833 bits per heavy atom. The maximum atomic E-state index is 12.6. The lowest BCUT2D eigenvalue weighted by Gasteiger charge is -2.07. The van der Waals surface area contributed by atoms with Crippen LogP contribution in [-0.4, -0.2) is 28.0 Å². The maximum absolute atomic E-state index is 12.6. The summed E-state index contributed by atoms with van der Waals surface area (Å²) in [5.41, 5.74) is 3.90. The van der Waals surface area contributed by atoms with Crippen LogP contribution in [-0.2, 0) is 13.0 Å². The number of nitrogens with zero attached hydrogens (tertiary/aromatic N) is 2. The first-order chi connectivity index (χ1) is 14.7. The van der Waals surface area contributed by atoms with Crippen molar-refractivity contribution >= 4 is 17.3 Å².